The highest BCUT2D eigenvalue weighted by Gasteiger charge is 1.95. The second-order valence-electron chi connectivity index (χ2n) is 7.78. The van der Waals surface area contributed by atoms with Crippen LogP contribution in [0, 0.1) is 49.3 Å². The lowest BCUT2D eigenvalue weighted by atomic mass is 10.1. The van der Waals surface area contributed by atoms with E-state index in [0.717, 1.165) is 11.1 Å². The summed E-state index contributed by atoms with van der Waals surface area (Å²) >= 11 is 0. The predicted molar refractivity (Wildman–Crippen MR) is 191 cm³/mol. The van der Waals surface area contributed by atoms with Crippen LogP contribution in [0.15, 0.2) is 97.1 Å². The first-order chi connectivity index (χ1) is 21.4. The van der Waals surface area contributed by atoms with Gasteiger partial charge in [-0.3, -0.25) is 0 Å². The zero-order valence-corrected chi connectivity index (χ0v) is 29.1. The zero-order chi connectivity index (χ0) is 34.8. The average molecular weight is 601 g/mol. The molecule has 0 radical (unpaired) electrons. The molecule has 0 unspecified atom stereocenters. The fourth-order valence-corrected chi connectivity index (χ4v) is 2.93. The van der Waals surface area contributed by atoms with E-state index in [4.69, 9.17) is 22.0 Å². The largest absolute Gasteiger partial charge is 0.326 e. The van der Waals surface area contributed by atoms with Gasteiger partial charge >= 0.3 is 0 Å². The number of nitriles is 2. The minimum absolute atomic E-state index is 0.0949. The predicted octanol–water partition coefficient (Wildman–Crippen LogP) is 10.6. The van der Waals surface area contributed by atoms with Crippen LogP contribution < -0.4 is 11.5 Å². The van der Waals surface area contributed by atoms with Crippen LogP contribution in [0.5, 0.6) is 0 Å². The van der Waals surface area contributed by atoms with Crippen LogP contribution in [0.4, 0.5) is 4.39 Å². The van der Waals surface area contributed by atoms with Crippen molar-refractivity contribution >= 4 is 0 Å². The van der Waals surface area contributed by atoms with Crippen molar-refractivity contribution in [3.05, 3.63) is 142 Å². The first-order valence-corrected chi connectivity index (χ1v) is 15.5. The van der Waals surface area contributed by atoms with E-state index in [1.807, 2.05) is 111 Å². The second-order valence-corrected chi connectivity index (χ2v) is 7.78. The number of benzene rings is 4. The molecule has 0 fully saturated rings. The lowest BCUT2D eigenvalue weighted by Gasteiger charge is -1.98. The van der Waals surface area contributed by atoms with Gasteiger partial charge in [0, 0.05) is 13.1 Å². The molecular weight excluding hydrogens is 543 g/mol. The highest BCUT2D eigenvalue weighted by atomic mass is 19.1. The van der Waals surface area contributed by atoms with Crippen LogP contribution in [-0.2, 0) is 13.1 Å². The normalized spacial score (nSPS) is 7.91. The van der Waals surface area contributed by atoms with Crippen molar-refractivity contribution in [2.24, 2.45) is 11.5 Å². The Labute approximate surface area is 269 Å². The Morgan fingerprint density at radius 2 is 0.773 bits per heavy atom. The molecule has 4 aromatic carbocycles. The number of rotatable bonds is 2. The number of nitrogens with zero attached hydrogens (tertiary/aromatic N) is 2. The number of nitrogens with two attached hydrogens (primary N) is 2. The molecule has 0 spiro atoms. The summed E-state index contributed by atoms with van der Waals surface area (Å²) in [7, 11) is 0. The summed E-state index contributed by atoms with van der Waals surface area (Å²) < 4.78 is 12.4. The molecule has 0 aliphatic carbocycles. The van der Waals surface area contributed by atoms with E-state index in [-0.39, 0.29) is 5.56 Å². The summed E-state index contributed by atoms with van der Waals surface area (Å²) in [5, 5.41) is 16.7. The van der Waals surface area contributed by atoms with E-state index < -0.39 is 5.82 Å². The van der Waals surface area contributed by atoms with Crippen molar-refractivity contribution in [1.29, 1.82) is 10.5 Å². The zero-order valence-electron chi connectivity index (χ0n) is 29.1. The summed E-state index contributed by atoms with van der Waals surface area (Å²) in [6.07, 6.45) is 0. The fourth-order valence-electron chi connectivity index (χ4n) is 2.93. The van der Waals surface area contributed by atoms with Crippen LogP contribution in [0.1, 0.15) is 94.3 Å². The van der Waals surface area contributed by atoms with Gasteiger partial charge < -0.3 is 11.5 Å². The van der Waals surface area contributed by atoms with Crippen LogP contribution >= 0.6 is 0 Å². The Balaban J connectivity index is -0.000000225. The molecule has 4 nitrogen and oxygen atoms in total. The molecule has 4 N–H and O–H groups in total. The number of aryl methyl sites for hydroxylation is 3. The molecule has 4 aromatic rings. The van der Waals surface area contributed by atoms with Gasteiger partial charge in [0.05, 0.1) is 17.2 Å². The van der Waals surface area contributed by atoms with E-state index in [0.29, 0.717) is 13.1 Å². The van der Waals surface area contributed by atoms with E-state index >= 15 is 0 Å². The average Bonchev–Trinajstić information content (AvgIpc) is 3.10. The third-order valence-corrected chi connectivity index (χ3v) is 5.22. The number of hydrogen-bond acceptors (Lipinski definition) is 4. The topological polar surface area (TPSA) is 99.6 Å². The van der Waals surface area contributed by atoms with Crippen molar-refractivity contribution < 1.29 is 4.39 Å². The van der Waals surface area contributed by atoms with Crippen molar-refractivity contribution in [3.63, 3.8) is 0 Å². The molecule has 5 heteroatoms. The Morgan fingerprint density at radius 1 is 0.477 bits per heavy atom. The maximum atomic E-state index is 12.4. The van der Waals surface area contributed by atoms with Crippen LogP contribution in [0.2, 0.25) is 0 Å². The number of hydrogen-bond donors (Lipinski definition) is 2. The smallest absolute Gasteiger partial charge is 0.140 e. The van der Waals surface area contributed by atoms with E-state index in [9.17, 15) is 4.39 Å². The maximum absolute atomic E-state index is 12.4. The van der Waals surface area contributed by atoms with Gasteiger partial charge in [0.2, 0.25) is 0 Å². The molecule has 240 valence electrons. The summed E-state index contributed by atoms with van der Waals surface area (Å²) in [5.41, 5.74) is 17.8. The van der Waals surface area contributed by atoms with Gasteiger partial charge in [0.25, 0.3) is 0 Å². The highest BCUT2D eigenvalue weighted by Crippen LogP contribution is 2.05. The van der Waals surface area contributed by atoms with Gasteiger partial charge in [0.1, 0.15) is 11.9 Å². The lowest BCUT2D eigenvalue weighted by molar-refractivity contribution is 0.624. The van der Waals surface area contributed by atoms with Gasteiger partial charge in [-0.25, -0.2) is 4.39 Å². The molecule has 44 heavy (non-hydrogen) atoms. The summed E-state index contributed by atoms with van der Waals surface area (Å²) in [6, 6.07) is 33.5. The Bertz CT molecular complexity index is 1170. The third-order valence-electron chi connectivity index (χ3n) is 5.22. The van der Waals surface area contributed by atoms with E-state index in [1.165, 1.54) is 34.4 Å². The molecular formula is C39H57FN4. The van der Waals surface area contributed by atoms with Crippen molar-refractivity contribution in [3.8, 4) is 12.1 Å². The first-order valence-electron chi connectivity index (χ1n) is 15.5. The van der Waals surface area contributed by atoms with Gasteiger partial charge in [-0.05, 0) is 66.8 Å². The Hall–Kier alpha value is -4.29. The SMILES string of the molecule is CC.CC.CC.CC.Cc1ccccc1C#N.Cc1ccccc1CN.Cc1ccccc1CN.N#Cc1ccccc1F. The van der Waals surface area contributed by atoms with Crippen LogP contribution in [0.25, 0.3) is 0 Å². The fraction of sp³-hybridized carbons (Fsp3) is 0.333. The van der Waals surface area contributed by atoms with Crippen molar-refractivity contribution in [2.75, 3.05) is 0 Å². The molecule has 0 aliphatic heterocycles. The quantitative estimate of drug-likeness (QED) is 0.239. The minimum atomic E-state index is -0.458. The molecule has 0 saturated heterocycles. The lowest BCUT2D eigenvalue weighted by Crippen LogP contribution is -1.97. The standard InChI is InChI=1S/2C8H11N.C8H7N.C7H4FN.4C2H6/c3*1-7-4-2-3-5-8(7)6-9;8-7-4-2-1-3-6(7)5-9;4*1-2/h2*2-5H,6,9H2,1H3;2-5H,1H3;1-4H;4*1-2H3. The molecule has 4 rings (SSSR count). The summed E-state index contributed by atoms with van der Waals surface area (Å²) in [4.78, 5) is 0. The first kappa shape index (κ1) is 46.7. The van der Waals surface area contributed by atoms with Gasteiger partial charge in [-0.1, -0.05) is 134 Å². The molecule has 0 amide bonds. The van der Waals surface area contributed by atoms with E-state index in [2.05, 4.69) is 44.2 Å². The monoisotopic (exact) mass is 600 g/mol. The number of halogens is 1. The van der Waals surface area contributed by atoms with Gasteiger partial charge in [-0.15, -0.1) is 0 Å². The Morgan fingerprint density at radius 3 is 1.00 bits per heavy atom. The maximum Gasteiger partial charge on any atom is 0.140 e. The Kier molecular flexibility index (Phi) is 37.0. The minimum Gasteiger partial charge on any atom is -0.326 e. The molecule has 0 bridgehead atoms. The molecule has 0 atom stereocenters. The van der Waals surface area contributed by atoms with Crippen molar-refractivity contribution in [1.82, 2.24) is 0 Å². The van der Waals surface area contributed by atoms with E-state index in [1.54, 1.807) is 18.2 Å². The van der Waals surface area contributed by atoms with Crippen LogP contribution in [-0.4, -0.2) is 0 Å². The van der Waals surface area contributed by atoms with Crippen LogP contribution in [0.3, 0.4) is 0 Å². The molecule has 0 saturated carbocycles. The molecule has 0 aromatic heterocycles. The summed E-state index contributed by atoms with van der Waals surface area (Å²) in [6.45, 7) is 23.4. The van der Waals surface area contributed by atoms with Gasteiger partial charge in [-0.2, -0.15) is 10.5 Å². The highest BCUT2D eigenvalue weighted by molar-refractivity contribution is 5.36. The second kappa shape index (κ2) is 34.9. The van der Waals surface area contributed by atoms with Gasteiger partial charge in [0.15, 0.2) is 0 Å². The van der Waals surface area contributed by atoms with Crippen molar-refractivity contribution in [2.45, 2.75) is 89.3 Å². The molecule has 0 aliphatic rings. The summed E-state index contributed by atoms with van der Waals surface area (Å²) in [5.74, 6) is -0.458. The third kappa shape index (κ3) is 22.3. The molecule has 0 heterocycles.